The molecule has 0 spiro atoms. The molecule has 0 aromatic heterocycles. The maximum atomic E-state index is 12.5. The number of hydrogen-bond acceptors (Lipinski definition) is 6. The van der Waals surface area contributed by atoms with Crippen LogP contribution in [0, 0.1) is 0 Å². The minimum absolute atomic E-state index is 0.0105. The van der Waals surface area contributed by atoms with Gasteiger partial charge in [0.25, 0.3) is 5.91 Å². The summed E-state index contributed by atoms with van der Waals surface area (Å²) in [5, 5.41) is 0. The molecule has 1 aromatic rings. The summed E-state index contributed by atoms with van der Waals surface area (Å²) in [6, 6.07) is 6.09. The van der Waals surface area contributed by atoms with Gasteiger partial charge in [-0.15, -0.1) is 0 Å². The Morgan fingerprint density at radius 3 is 2.68 bits per heavy atom. The van der Waals surface area contributed by atoms with Gasteiger partial charge in [-0.3, -0.25) is 4.79 Å². The van der Waals surface area contributed by atoms with Crippen LogP contribution in [-0.2, 0) is 19.4 Å². The highest BCUT2D eigenvalue weighted by Gasteiger charge is 2.34. The van der Waals surface area contributed by atoms with Crippen molar-refractivity contribution in [3.8, 4) is 5.75 Å². The molecule has 7 nitrogen and oxygen atoms in total. The number of benzene rings is 1. The quantitative estimate of drug-likeness (QED) is 0.673. The summed E-state index contributed by atoms with van der Waals surface area (Å²) in [5.74, 6) is -0.233. The molecule has 1 amide bonds. The molecule has 2 rings (SSSR count). The van der Waals surface area contributed by atoms with Gasteiger partial charge in [0.05, 0.1) is 24.2 Å². The summed E-state index contributed by atoms with van der Waals surface area (Å²) < 4.78 is 33.5. The summed E-state index contributed by atoms with van der Waals surface area (Å²) in [6.45, 7) is 2.22. The van der Waals surface area contributed by atoms with E-state index in [9.17, 15) is 18.0 Å². The second kappa shape index (κ2) is 8.33. The third-order valence-electron chi connectivity index (χ3n) is 4.05. The highest BCUT2D eigenvalue weighted by molar-refractivity contribution is 7.91. The van der Waals surface area contributed by atoms with Crippen LogP contribution in [0.1, 0.15) is 30.1 Å². The molecule has 1 atom stereocenters. The van der Waals surface area contributed by atoms with E-state index in [4.69, 9.17) is 4.74 Å². The molecule has 1 saturated heterocycles. The fourth-order valence-electron chi connectivity index (χ4n) is 2.83. The van der Waals surface area contributed by atoms with E-state index < -0.39 is 15.8 Å². The van der Waals surface area contributed by atoms with Gasteiger partial charge < -0.3 is 14.4 Å². The molecule has 1 fully saturated rings. The lowest BCUT2D eigenvalue weighted by molar-refractivity contribution is -0.135. The topological polar surface area (TPSA) is 90.0 Å². The number of ether oxygens (including phenoxy) is 2. The number of carbonyl (C=O) groups is 2. The number of rotatable bonds is 7. The number of nitrogens with zero attached hydrogens (tertiary/aromatic N) is 1. The van der Waals surface area contributed by atoms with Gasteiger partial charge >= 0.3 is 5.97 Å². The Balaban J connectivity index is 2.00. The van der Waals surface area contributed by atoms with Crippen LogP contribution in [0.3, 0.4) is 0 Å². The lowest BCUT2D eigenvalue weighted by atomic mass is 10.2. The van der Waals surface area contributed by atoms with Crippen molar-refractivity contribution >= 4 is 21.7 Å². The summed E-state index contributed by atoms with van der Waals surface area (Å²) >= 11 is 0. The molecule has 0 radical (unpaired) electrons. The Morgan fingerprint density at radius 1 is 1.32 bits per heavy atom. The largest absolute Gasteiger partial charge is 0.484 e. The molecule has 0 saturated carbocycles. The molecular formula is C17H23NO6S. The third kappa shape index (κ3) is 5.19. The Hall–Kier alpha value is -2.09. The molecule has 0 aliphatic carbocycles. The number of carbonyl (C=O) groups excluding carboxylic acids is 2. The van der Waals surface area contributed by atoms with E-state index in [0.717, 1.165) is 6.42 Å². The molecule has 25 heavy (non-hydrogen) atoms. The van der Waals surface area contributed by atoms with Crippen molar-refractivity contribution in [3.63, 3.8) is 0 Å². The maximum Gasteiger partial charge on any atom is 0.337 e. The zero-order valence-corrected chi connectivity index (χ0v) is 15.3. The van der Waals surface area contributed by atoms with Crippen LogP contribution in [-0.4, -0.2) is 63.0 Å². The van der Waals surface area contributed by atoms with Crippen LogP contribution >= 0.6 is 0 Å². The van der Waals surface area contributed by atoms with Crippen molar-refractivity contribution in [1.29, 1.82) is 0 Å². The molecule has 1 aliphatic rings. The highest BCUT2D eigenvalue weighted by Crippen LogP contribution is 2.19. The first kappa shape index (κ1) is 19.2. The third-order valence-corrected chi connectivity index (χ3v) is 5.80. The summed E-state index contributed by atoms with van der Waals surface area (Å²) in [7, 11) is -1.77. The Labute approximate surface area is 147 Å². The number of sulfone groups is 1. The Bertz CT molecular complexity index is 730. The van der Waals surface area contributed by atoms with Crippen molar-refractivity contribution in [2.75, 3.05) is 31.8 Å². The van der Waals surface area contributed by atoms with Gasteiger partial charge in [0.15, 0.2) is 16.4 Å². The smallest absolute Gasteiger partial charge is 0.337 e. The predicted molar refractivity (Wildman–Crippen MR) is 92.3 cm³/mol. The average Bonchev–Trinajstić information content (AvgIpc) is 2.96. The molecule has 8 heteroatoms. The van der Waals surface area contributed by atoms with E-state index in [0.29, 0.717) is 24.3 Å². The molecule has 1 unspecified atom stereocenters. The summed E-state index contributed by atoms with van der Waals surface area (Å²) in [5.41, 5.74) is 0.333. The molecule has 138 valence electrons. The van der Waals surface area contributed by atoms with E-state index >= 15 is 0 Å². The maximum absolute atomic E-state index is 12.5. The van der Waals surface area contributed by atoms with Gasteiger partial charge in [-0.25, -0.2) is 13.2 Å². The van der Waals surface area contributed by atoms with Crippen LogP contribution in [0.2, 0.25) is 0 Å². The minimum Gasteiger partial charge on any atom is -0.484 e. The number of methoxy groups -OCH3 is 1. The number of hydrogen-bond donors (Lipinski definition) is 0. The van der Waals surface area contributed by atoms with Crippen LogP contribution in [0.15, 0.2) is 24.3 Å². The SMILES string of the molecule is CCCN(C(=O)COc1cccc(C(=O)OC)c1)C1CCS(=O)(=O)C1. The van der Waals surface area contributed by atoms with Crippen molar-refractivity contribution < 1.29 is 27.5 Å². The summed E-state index contributed by atoms with van der Waals surface area (Å²) in [4.78, 5) is 25.6. The highest BCUT2D eigenvalue weighted by atomic mass is 32.2. The molecule has 1 aliphatic heterocycles. The van der Waals surface area contributed by atoms with E-state index in [1.165, 1.54) is 13.2 Å². The lowest BCUT2D eigenvalue weighted by Gasteiger charge is -2.27. The van der Waals surface area contributed by atoms with Gasteiger partial charge in [0.1, 0.15) is 5.75 Å². The van der Waals surface area contributed by atoms with E-state index in [-0.39, 0.29) is 30.1 Å². The second-order valence-electron chi connectivity index (χ2n) is 5.95. The Morgan fingerprint density at radius 2 is 2.08 bits per heavy atom. The van der Waals surface area contributed by atoms with Gasteiger partial charge in [-0.05, 0) is 31.0 Å². The molecule has 1 aromatic carbocycles. The second-order valence-corrected chi connectivity index (χ2v) is 8.18. The van der Waals surface area contributed by atoms with Gasteiger partial charge in [-0.1, -0.05) is 13.0 Å². The van der Waals surface area contributed by atoms with E-state index in [2.05, 4.69) is 4.74 Å². The van der Waals surface area contributed by atoms with Crippen LogP contribution < -0.4 is 4.74 Å². The monoisotopic (exact) mass is 369 g/mol. The Kier molecular flexibility index (Phi) is 6.41. The zero-order valence-electron chi connectivity index (χ0n) is 14.4. The molecular weight excluding hydrogens is 346 g/mol. The van der Waals surface area contributed by atoms with Crippen LogP contribution in [0.5, 0.6) is 5.75 Å². The van der Waals surface area contributed by atoms with Crippen molar-refractivity contribution in [2.24, 2.45) is 0 Å². The standard InChI is InChI=1S/C17H23NO6S/c1-3-8-18(14-7-9-25(21,22)12-14)16(19)11-24-15-6-4-5-13(10-15)17(20)23-2/h4-6,10,14H,3,7-9,11-12H2,1-2H3. The predicted octanol–water partition coefficient (Wildman–Crippen LogP) is 1.28. The van der Waals surface area contributed by atoms with Crippen LogP contribution in [0.25, 0.3) is 0 Å². The molecule has 0 bridgehead atoms. The van der Waals surface area contributed by atoms with Crippen LogP contribution in [0.4, 0.5) is 0 Å². The van der Waals surface area contributed by atoms with Crippen molar-refractivity contribution in [3.05, 3.63) is 29.8 Å². The fourth-order valence-corrected chi connectivity index (χ4v) is 4.56. The number of esters is 1. The molecule has 1 heterocycles. The lowest BCUT2D eigenvalue weighted by Crippen LogP contribution is -2.44. The first-order chi connectivity index (χ1) is 11.9. The fraction of sp³-hybridized carbons (Fsp3) is 0.529. The number of amides is 1. The van der Waals surface area contributed by atoms with Crippen molar-refractivity contribution in [2.45, 2.75) is 25.8 Å². The normalized spacial score (nSPS) is 18.6. The van der Waals surface area contributed by atoms with E-state index in [1.54, 1.807) is 23.1 Å². The van der Waals surface area contributed by atoms with E-state index in [1.807, 2.05) is 6.92 Å². The van der Waals surface area contributed by atoms with Crippen molar-refractivity contribution in [1.82, 2.24) is 4.90 Å². The average molecular weight is 369 g/mol. The zero-order chi connectivity index (χ0) is 18.4. The van der Waals surface area contributed by atoms with Gasteiger partial charge in [-0.2, -0.15) is 0 Å². The first-order valence-corrected chi connectivity index (χ1v) is 9.99. The first-order valence-electron chi connectivity index (χ1n) is 8.17. The van der Waals surface area contributed by atoms with Gasteiger partial charge in [0.2, 0.25) is 0 Å². The molecule has 0 N–H and O–H groups in total. The van der Waals surface area contributed by atoms with Gasteiger partial charge in [0, 0.05) is 12.6 Å². The minimum atomic E-state index is -3.06. The summed E-state index contributed by atoms with van der Waals surface area (Å²) in [6.07, 6.45) is 1.20.